The normalized spacial score (nSPS) is 22.7. The van der Waals surface area contributed by atoms with Crippen molar-refractivity contribution in [3.63, 3.8) is 0 Å². The summed E-state index contributed by atoms with van der Waals surface area (Å²) in [6, 6.07) is 9.26. The minimum atomic E-state index is 0.0497. The first-order valence-corrected chi connectivity index (χ1v) is 9.68. The third kappa shape index (κ3) is 3.01. The van der Waals surface area contributed by atoms with E-state index in [1.54, 1.807) is 7.11 Å². The summed E-state index contributed by atoms with van der Waals surface area (Å²) >= 11 is 5.68. The van der Waals surface area contributed by atoms with Gasteiger partial charge in [0.05, 0.1) is 24.4 Å². The van der Waals surface area contributed by atoms with Gasteiger partial charge in [0.1, 0.15) is 0 Å². The van der Waals surface area contributed by atoms with Gasteiger partial charge in [0.15, 0.2) is 5.11 Å². The van der Waals surface area contributed by atoms with E-state index < -0.39 is 0 Å². The lowest BCUT2D eigenvalue weighted by Gasteiger charge is -2.28. The number of methoxy groups -OCH3 is 1. The molecular formula is C20H26N4OS. The minimum absolute atomic E-state index is 0.0497. The summed E-state index contributed by atoms with van der Waals surface area (Å²) in [7, 11) is 1.73. The predicted molar refractivity (Wildman–Crippen MR) is 106 cm³/mol. The number of hydrogen-bond donors (Lipinski definition) is 1. The molecule has 6 heteroatoms. The summed E-state index contributed by atoms with van der Waals surface area (Å²) in [5.74, 6) is 0. The van der Waals surface area contributed by atoms with Crippen LogP contribution in [-0.2, 0) is 4.74 Å². The van der Waals surface area contributed by atoms with E-state index in [1.165, 1.54) is 29.8 Å². The molecule has 1 aliphatic carbocycles. The summed E-state index contributed by atoms with van der Waals surface area (Å²) in [6.07, 6.45) is 4.42. The van der Waals surface area contributed by atoms with Crippen LogP contribution in [0.15, 0.2) is 30.5 Å². The molecule has 0 bridgehead atoms. The maximum atomic E-state index is 5.68. The van der Waals surface area contributed by atoms with Crippen molar-refractivity contribution in [1.82, 2.24) is 19.8 Å². The second-order valence-corrected chi connectivity index (χ2v) is 7.63. The minimum Gasteiger partial charge on any atom is -0.383 e. The Labute approximate surface area is 160 Å². The molecule has 0 spiro atoms. The molecule has 1 N–H and O–H groups in total. The van der Waals surface area contributed by atoms with Crippen LogP contribution in [0, 0.1) is 13.8 Å². The number of ether oxygens (including phenoxy) is 1. The second kappa shape index (κ2) is 7.00. The van der Waals surface area contributed by atoms with Crippen molar-refractivity contribution in [2.24, 2.45) is 0 Å². The highest BCUT2D eigenvalue weighted by atomic mass is 32.1. The fraction of sp³-hybridized carbons (Fsp3) is 0.500. The number of nitrogens with one attached hydrogen (secondary N) is 1. The van der Waals surface area contributed by atoms with E-state index >= 15 is 0 Å². The predicted octanol–water partition coefficient (Wildman–Crippen LogP) is 3.45. The maximum Gasteiger partial charge on any atom is 0.170 e. The molecule has 0 aromatic carbocycles. The van der Waals surface area contributed by atoms with Gasteiger partial charge in [-0.1, -0.05) is 6.07 Å². The standard InChI is InChI=1S/C20H26N4OS/c1-13-12-16(14(2)24(13)15-7-8-15)19-18(17-6-4-5-9-21-17)22-20(26)23(19)10-11-25-3/h4-6,9,12,15,18-19H,7-8,10-11H2,1-3H3,(H,22,26)/t18-,19+/m0/s1. The van der Waals surface area contributed by atoms with E-state index in [0.717, 1.165) is 17.4 Å². The number of pyridine rings is 1. The first-order valence-electron chi connectivity index (χ1n) is 9.27. The molecule has 1 saturated carbocycles. The Morgan fingerprint density at radius 2 is 2.12 bits per heavy atom. The highest BCUT2D eigenvalue weighted by Gasteiger charge is 2.41. The zero-order valence-electron chi connectivity index (χ0n) is 15.6. The largest absolute Gasteiger partial charge is 0.383 e. The van der Waals surface area contributed by atoms with Gasteiger partial charge >= 0.3 is 0 Å². The van der Waals surface area contributed by atoms with Gasteiger partial charge < -0.3 is 19.5 Å². The number of aromatic nitrogens is 2. The third-order valence-corrected chi connectivity index (χ3v) is 5.84. The summed E-state index contributed by atoms with van der Waals surface area (Å²) in [5, 5.41) is 4.29. The zero-order valence-corrected chi connectivity index (χ0v) is 16.4. The topological polar surface area (TPSA) is 42.3 Å². The van der Waals surface area contributed by atoms with Gasteiger partial charge in [0, 0.05) is 37.3 Å². The van der Waals surface area contributed by atoms with Crippen molar-refractivity contribution < 1.29 is 4.74 Å². The van der Waals surface area contributed by atoms with Gasteiger partial charge in [-0.3, -0.25) is 4.98 Å². The third-order valence-electron chi connectivity index (χ3n) is 5.49. The Kier molecular flexibility index (Phi) is 4.71. The molecule has 1 saturated heterocycles. The van der Waals surface area contributed by atoms with E-state index in [-0.39, 0.29) is 12.1 Å². The monoisotopic (exact) mass is 370 g/mol. The Bertz CT molecular complexity index is 800. The van der Waals surface area contributed by atoms with Crippen LogP contribution in [0.2, 0.25) is 0 Å². The van der Waals surface area contributed by atoms with Crippen molar-refractivity contribution >= 4 is 17.3 Å². The molecule has 3 heterocycles. The molecule has 138 valence electrons. The molecule has 0 amide bonds. The van der Waals surface area contributed by atoms with Crippen LogP contribution in [0.25, 0.3) is 0 Å². The van der Waals surface area contributed by atoms with E-state index in [1.807, 2.05) is 18.3 Å². The number of aryl methyl sites for hydroxylation is 1. The Morgan fingerprint density at radius 1 is 1.31 bits per heavy atom. The fourth-order valence-corrected chi connectivity index (χ4v) is 4.50. The Morgan fingerprint density at radius 3 is 2.77 bits per heavy atom. The molecule has 2 fully saturated rings. The SMILES string of the molecule is COCCN1C(=S)N[C@@H](c2ccccn2)[C@H]1c1cc(C)n(C2CC2)c1C. The Balaban J connectivity index is 1.76. The van der Waals surface area contributed by atoms with Crippen molar-refractivity contribution in [2.45, 2.75) is 44.8 Å². The first kappa shape index (κ1) is 17.5. The van der Waals surface area contributed by atoms with E-state index in [9.17, 15) is 0 Å². The molecule has 5 nitrogen and oxygen atoms in total. The summed E-state index contributed by atoms with van der Waals surface area (Å²) in [5.41, 5.74) is 5.05. The molecular weight excluding hydrogens is 344 g/mol. The molecule has 2 atom stereocenters. The van der Waals surface area contributed by atoms with Crippen LogP contribution < -0.4 is 5.32 Å². The highest BCUT2D eigenvalue weighted by molar-refractivity contribution is 7.80. The average molecular weight is 371 g/mol. The molecule has 0 radical (unpaired) electrons. The molecule has 2 aliphatic rings. The quantitative estimate of drug-likeness (QED) is 0.789. The number of thiocarbonyl (C=S) groups is 1. The number of nitrogens with zero attached hydrogens (tertiary/aromatic N) is 3. The maximum absolute atomic E-state index is 5.68. The van der Waals surface area contributed by atoms with Crippen LogP contribution in [0.5, 0.6) is 0 Å². The lowest BCUT2D eigenvalue weighted by Crippen LogP contribution is -2.32. The molecule has 4 rings (SSSR count). The van der Waals surface area contributed by atoms with Gasteiger partial charge in [0.2, 0.25) is 0 Å². The summed E-state index contributed by atoms with van der Waals surface area (Å²) in [4.78, 5) is 6.87. The number of rotatable bonds is 6. The van der Waals surface area contributed by atoms with Gasteiger partial charge in [0.25, 0.3) is 0 Å². The fourth-order valence-electron chi connectivity index (χ4n) is 4.17. The van der Waals surface area contributed by atoms with Gasteiger partial charge in [-0.15, -0.1) is 0 Å². The summed E-state index contributed by atoms with van der Waals surface area (Å²) < 4.78 is 7.84. The van der Waals surface area contributed by atoms with Crippen LogP contribution in [0.3, 0.4) is 0 Å². The van der Waals surface area contributed by atoms with Crippen LogP contribution >= 0.6 is 12.2 Å². The summed E-state index contributed by atoms with van der Waals surface area (Å²) in [6.45, 7) is 5.87. The van der Waals surface area contributed by atoms with Crippen LogP contribution in [0.4, 0.5) is 0 Å². The lowest BCUT2D eigenvalue weighted by molar-refractivity contribution is 0.164. The highest BCUT2D eigenvalue weighted by Crippen LogP contribution is 2.44. The van der Waals surface area contributed by atoms with E-state index in [2.05, 4.69) is 45.7 Å². The molecule has 2 aromatic heterocycles. The van der Waals surface area contributed by atoms with Gasteiger partial charge in [-0.25, -0.2) is 0 Å². The first-order chi connectivity index (χ1) is 12.6. The number of hydrogen-bond acceptors (Lipinski definition) is 3. The van der Waals surface area contributed by atoms with Crippen molar-refractivity contribution in [2.75, 3.05) is 20.3 Å². The molecule has 1 aliphatic heterocycles. The average Bonchev–Trinajstić information content (AvgIpc) is 3.36. The smallest absolute Gasteiger partial charge is 0.170 e. The Hall–Kier alpha value is -1.92. The van der Waals surface area contributed by atoms with Crippen molar-refractivity contribution in [3.05, 3.63) is 53.1 Å². The van der Waals surface area contributed by atoms with Crippen LogP contribution in [-0.4, -0.2) is 39.8 Å². The van der Waals surface area contributed by atoms with Crippen LogP contribution in [0.1, 0.15) is 53.6 Å². The second-order valence-electron chi connectivity index (χ2n) is 7.24. The lowest BCUT2D eigenvalue weighted by atomic mass is 9.97. The zero-order chi connectivity index (χ0) is 18.3. The van der Waals surface area contributed by atoms with Gasteiger partial charge in [-0.05, 0) is 62.7 Å². The van der Waals surface area contributed by atoms with Crippen molar-refractivity contribution in [3.8, 4) is 0 Å². The molecule has 0 unspecified atom stereocenters. The molecule has 2 aromatic rings. The van der Waals surface area contributed by atoms with E-state index in [0.29, 0.717) is 12.6 Å². The van der Waals surface area contributed by atoms with Crippen molar-refractivity contribution in [1.29, 1.82) is 0 Å². The van der Waals surface area contributed by atoms with E-state index in [4.69, 9.17) is 17.0 Å². The molecule has 26 heavy (non-hydrogen) atoms. The van der Waals surface area contributed by atoms with Gasteiger partial charge in [-0.2, -0.15) is 0 Å².